The molecule has 8 nitrogen and oxygen atoms in total. The Morgan fingerprint density at radius 3 is 2.97 bits per heavy atom. The standard InChI is InChI=1S/C23H25N3O5S2/c24-15-19-18-5-3-16(31-23(28)30-12-9-26-7-10-29-11-8-26)14-20(18)33-22(19)25-21(27)6-4-17-2-1-13-32-17/h1-2,4,6,13,16H,3,5,7-12,14H2,(H,25,27)/b6-4+. The number of nitrogens with zero attached hydrogens (tertiary/aromatic N) is 2. The third kappa shape index (κ3) is 6.42. The Hall–Kier alpha value is -2.71. The van der Waals surface area contributed by atoms with Crippen molar-refractivity contribution in [2.24, 2.45) is 0 Å². The Morgan fingerprint density at radius 2 is 2.21 bits per heavy atom. The van der Waals surface area contributed by atoms with Gasteiger partial charge < -0.3 is 19.5 Å². The second-order valence-electron chi connectivity index (χ2n) is 7.69. The van der Waals surface area contributed by atoms with Crippen LogP contribution in [0.15, 0.2) is 23.6 Å². The molecule has 0 radical (unpaired) electrons. The zero-order chi connectivity index (χ0) is 23.0. The van der Waals surface area contributed by atoms with Crippen LogP contribution in [-0.4, -0.2) is 62.5 Å². The van der Waals surface area contributed by atoms with Crippen LogP contribution in [0.2, 0.25) is 0 Å². The molecule has 1 fully saturated rings. The van der Waals surface area contributed by atoms with E-state index in [4.69, 9.17) is 14.2 Å². The molecule has 0 aromatic carbocycles. The van der Waals surface area contributed by atoms with E-state index >= 15 is 0 Å². The van der Waals surface area contributed by atoms with Crippen LogP contribution < -0.4 is 5.32 Å². The lowest BCUT2D eigenvalue weighted by atomic mass is 9.94. The van der Waals surface area contributed by atoms with E-state index in [0.29, 0.717) is 49.6 Å². The summed E-state index contributed by atoms with van der Waals surface area (Å²) in [5, 5.41) is 14.9. The topological polar surface area (TPSA) is 101 Å². The van der Waals surface area contributed by atoms with Crippen LogP contribution in [0, 0.1) is 11.3 Å². The molecule has 1 amide bonds. The number of hydrogen-bond acceptors (Lipinski definition) is 9. The number of hydrogen-bond donors (Lipinski definition) is 1. The molecule has 2 aliphatic rings. The monoisotopic (exact) mass is 487 g/mol. The van der Waals surface area contributed by atoms with Gasteiger partial charge in [0.15, 0.2) is 0 Å². The third-order valence-electron chi connectivity index (χ3n) is 5.50. The number of ether oxygens (including phenoxy) is 3. The second-order valence-corrected chi connectivity index (χ2v) is 9.78. The second kappa shape index (κ2) is 11.4. The number of nitriles is 1. The Morgan fingerprint density at radius 1 is 1.36 bits per heavy atom. The number of nitrogens with one attached hydrogen (secondary N) is 1. The molecule has 10 heteroatoms. The predicted molar refractivity (Wildman–Crippen MR) is 127 cm³/mol. The van der Waals surface area contributed by atoms with Gasteiger partial charge in [-0.15, -0.1) is 22.7 Å². The third-order valence-corrected chi connectivity index (χ3v) is 7.51. The summed E-state index contributed by atoms with van der Waals surface area (Å²) in [7, 11) is 0. The maximum absolute atomic E-state index is 12.3. The van der Waals surface area contributed by atoms with Crippen LogP contribution in [0.4, 0.5) is 9.80 Å². The van der Waals surface area contributed by atoms with Gasteiger partial charge >= 0.3 is 6.16 Å². The molecule has 33 heavy (non-hydrogen) atoms. The van der Waals surface area contributed by atoms with E-state index in [1.165, 1.54) is 17.4 Å². The summed E-state index contributed by atoms with van der Waals surface area (Å²) in [4.78, 5) is 28.6. The molecule has 2 aromatic rings. The van der Waals surface area contributed by atoms with E-state index in [1.807, 2.05) is 17.5 Å². The average molecular weight is 488 g/mol. The maximum Gasteiger partial charge on any atom is 0.508 e. The molecule has 1 unspecified atom stereocenters. The highest BCUT2D eigenvalue weighted by atomic mass is 32.1. The van der Waals surface area contributed by atoms with Crippen molar-refractivity contribution >= 4 is 45.8 Å². The highest BCUT2D eigenvalue weighted by molar-refractivity contribution is 7.16. The van der Waals surface area contributed by atoms with Crippen molar-refractivity contribution in [2.45, 2.75) is 25.4 Å². The van der Waals surface area contributed by atoms with Crippen LogP contribution in [0.1, 0.15) is 27.3 Å². The minimum Gasteiger partial charge on any atom is -0.433 e. The first kappa shape index (κ1) is 23.4. The van der Waals surface area contributed by atoms with Gasteiger partial charge in [0.1, 0.15) is 23.8 Å². The highest BCUT2D eigenvalue weighted by Gasteiger charge is 2.28. The molecule has 1 N–H and O–H groups in total. The lowest BCUT2D eigenvalue weighted by Gasteiger charge is -2.26. The van der Waals surface area contributed by atoms with Gasteiger partial charge in [0.05, 0.1) is 18.8 Å². The minimum absolute atomic E-state index is 0.281. The van der Waals surface area contributed by atoms with E-state index in [9.17, 15) is 14.9 Å². The molecule has 1 atom stereocenters. The predicted octanol–water partition coefficient (Wildman–Crippen LogP) is 3.68. The van der Waals surface area contributed by atoms with Crippen LogP contribution in [0.3, 0.4) is 0 Å². The summed E-state index contributed by atoms with van der Waals surface area (Å²) in [6.45, 7) is 4.02. The van der Waals surface area contributed by atoms with Gasteiger partial charge in [0.2, 0.25) is 5.91 Å². The summed E-state index contributed by atoms with van der Waals surface area (Å²) in [5.41, 5.74) is 1.43. The number of fused-ring (bicyclic) bond motifs is 1. The van der Waals surface area contributed by atoms with Crippen LogP contribution in [0.5, 0.6) is 0 Å². The van der Waals surface area contributed by atoms with E-state index in [0.717, 1.165) is 28.4 Å². The first-order valence-electron chi connectivity index (χ1n) is 10.8. The van der Waals surface area contributed by atoms with Gasteiger partial charge in [0, 0.05) is 41.9 Å². The lowest BCUT2D eigenvalue weighted by Crippen LogP contribution is -2.38. The summed E-state index contributed by atoms with van der Waals surface area (Å²) in [6, 6.07) is 6.06. The van der Waals surface area contributed by atoms with Gasteiger partial charge in [-0.05, 0) is 35.9 Å². The fourth-order valence-electron chi connectivity index (χ4n) is 3.81. The molecule has 4 rings (SSSR count). The van der Waals surface area contributed by atoms with Crippen molar-refractivity contribution in [1.29, 1.82) is 5.26 Å². The molecule has 2 aromatic heterocycles. The van der Waals surface area contributed by atoms with Gasteiger partial charge in [-0.2, -0.15) is 5.26 Å². The molecule has 0 spiro atoms. The largest absolute Gasteiger partial charge is 0.508 e. The lowest BCUT2D eigenvalue weighted by molar-refractivity contribution is -0.111. The molecule has 1 saturated heterocycles. The highest BCUT2D eigenvalue weighted by Crippen LogP contribution is 2.38. The first-order chi connectivity index (χ1) is 16.1. The van der Waals surface area contributed by atoms with Crippen molar-refractivity contribution in [1.82, 2.24) is 4.90 Å². The van der Waals surface area contributed by atoms with E-state index in [-0.39, 0.29) is 18.6 Å². The number of carbonyl (C=O) groups is 2. The van der Waals surface area contributed by atoms with E-state index in [2.05, 4.69) is 16.3 Å². The Kier molecular flexibility index (Phi) is 8.12. The number of anilines is 1. The van der Waals surface area contributed by atoms with Crippen LogP contribution in [-0.2, 0) is 31.8 Å². The number of amides is 1. The molecule has 0 saturated carbocycles. The van der Waals surface area contributed by atoms with Crippen molar-refractivity contribution in [3.8, 4) is 6.07 Å². The van der Waals surface area contributed by atoms with Crippen molar-refractivity contribution in [3.05, 3.63) is 44.5 Å². The van der Waals surface area contributed by atoms with Crippen molar-refractivity contribution in [2.75, 3.05) is 44.8 Å². The maximum atomic E-state index is 12.3. The van der Waals surface area contributed by atoms with Crippen LogP contribution in [0.25, 0.3) is 6.08 Å². The van der Waals surface area contributed by atoms with E-state index in [1.54, 1.807) is 17.4 Å². The van der Waals surface area contributed by atoms with Crippen molar-refractivity contribution < 1.29 is 23.8 Å². The molecule has 174 valence electrons. The summed E-state index contributed by atoms with van der Waals surface area (Å²) in [5.74, 6) is -0.282. The average Bonchev–Trinajstić information content (AvgIpc) is 3.45. The van der Waals surface area contributed by atoms with Crippen molar-refractivity contribution in [3.63, 3.8) is 0 Å². The molecule has 1 aliphatic heterocycles. The summed E-state index contributed by atoms with van der Waals surface area (Å²) >= 11 is 2.91. The Balaban J connectivity index is 1.29. The molecular formula is C23H25N3O5S2. The Bertz CT molecular complexity index is 1040. The SMILES string of the molecule is N#Cc1c(NC(=O)/C=C/c2cccs2)sc2c1CCC(OC(=O)OCCN1CCOCC1)C2. The fourth-order valence-corrected chi connectivity index (χ4v) is 5.70. The molecule has 0 bridgehead atoms. The smallest absolute Gasteiger partial charge is 0.433 e. The van der Waals surface area contributed by atoms with Gasteiger partial charge in [-0.25, -0.2) is 4.79 Å². The fraction of sp³-hybridized carbons (Fsp3) is 0.435. The van der Waals surface area contributed by atoms with Gasteiger partial charge in [-0.1, -0.05) is 6.07 Å². The minimum atomic E-state index is -0.666. The summed E-state index contributed by atoms with van der Waals surface area (Å²) < 4.78 is 16.0. The molecule has 1 aliphatic carbocycles. The zero-order valence-electron chi connectivity index (χ0n) is 18.1. The number of thiophene rings is 2. The van der Waals surface area contributed by atoms with Gasteiger partial charge in [0.25, 0.3) is 0 Å². The first-order valence-corrected chi connectivity index (χ1v) is 12.5. The normalized spacial score (nSPS) is 18.5. The molecule has 3 heterocycles. The molecular weight excluding hydrogens is 462 g/mol. The zero-order valence-corrected chi connectivity index (χ0v) is 19.7. The summed E-state index contributed by atoms with van der Waals surface area (Å²) in [6.07, 6.45) is 3.97. The number of morpholine rings is 1. The van der Waals surface area contributed by atoms with Gasteiger partial charge in [-0.3, -0.25) is 9.69 Å². The van der Waals surface area contributed by atoms with Crippen LogP contribution >= 0.6 is 22.7 Å². The van der Waals surface area contributed by atoms with E-state index < -0.39 is 6.16 Å². The Labute approximate surface area is 200 Å². The number of rotatable bonds is 7. The number of carbonyl (C=O) groups excluding carboxylic acids is 2. The quantitative estimate of drug-likeness (QED) is 0.470.